The topological polar surface area (TPSA) is 29.1 Å². The van der Waals surface area contributed by atoms with Gasteiger partial charge in [-0.3, -0.25) is 4.79 Å². The van der Waals surface area contributed by atoms with E-state index in [1.807, 2.05) is 12.3 Å². The largest absolute Gasteiger partial charge is 0.351 e. The summed E-state index contributed by atoms with van der Waals surface area (Å²) < 4.78 is 1.13. The van der Waals surface area contributed by atoms with Gasteiger partial charge in [0.15, 0.2) is 0 Å². The number of rotatable bonds is 5. The van der Waals surface area contributed by atoms with E-state index in [1.165, 1.54) is 11.3 Å². The summed E-state index contributed by atoms with van der Waals surface area (Å²) in [6, 6.07) is 0. The first kappa shape index (κ1) is 13.3. The summed E-state index contributed by atoms with van der Waals surface area (Å²) in [5.74, 6) is -0.0495. The van der Waals surface area contributed by atoms with Gasteiger partial charge in [-0.25, -0.2) is 0 Å². The van der Waals surface area contributed by atoms with Crippen LogP contribution in [0.15, 0.2) is 5.38 Å². The van der Waals surface area contributed by atoms with Crippen molar-refractivity contribution in [2.75, 3.05) is 11.0 Å². The Morgan fingerprint density at radius 3 is 2.87 bits per heavy atom. The Morgan fingerprint density at radius 2 is 2.33 bits per heavy atom. The molecular weight excluding hydrogens is 345 g/mol. The van der Waals surface area contributed by atoms with Crippen molar-refractivity contribution in [1.82, 2.24) is 5.32 Å². The van der Waals surface area contributed by atoms with Gasteiger partial charge < -0.3 is 5.32 Å². The average molecular weight is 358 g/mol. The van der Waals surface area contributed by atoms with Gasteiger partial charge >= 0.3 is 0 Å². The third-order valence-corrected chi connectivity index (χ3v) is 4.41. The molecule has 1 amide bonds. The molecule has 1 rings (SSSR count). The maximum atomic E-state index is 11.7. The molecule has 0 atom stereocenters. The predicted octanol–water partition coefficient (Wildman–Crippen LogP) is 3.65. The van der Waals surface area contributed by atoms with Crippen LogP contribution in [0.25, 0.3) is 0 Å². The van der Waals surface area contributed by atoms with Gasteiger partial charge in [0.25, 0.3) is 5.91 Å². The molecule has 0 radical (unpaired) electrons. The molecule has 0 saturated carbocycles. The maximum Gasteiger partial charge on any atom is 0.262 e. The summed E-state index contributed by atoms with van der Waals surface area (Å²) in [4.78, 5) is 12.3. The van der Waals surface area contributed by atoms with Crippen molar-refractivity contribution in [3.8, 4) is 0 Å². The van der Waals surface area contributed by atoms with Gasteiger partial charge in [-0.1, -0.05) is 34.2 Å². The van der Waals surface area contributed by atoms with E-state index >= 15 is 0 Å². The van der Waals surface area contributed by atoms with Gasteiger partial charge in [0.05, 0.1) is 5.02 Å². The molecule has 84 valence electrons. The smallest absolute Gasteiger partial charge is 0.262 e. The lowest BCUT2D eigenvalue weighted by molar-refractivity contribution is 0.0957. The minimum atomic E-state index is -0.0495. The fourth-order valence-corrected chi connectivity index (χ4v) is 2.82. The number of thiophene rings is 1. The summed E-state index contributed by atoms with van der Waals surface area (Å²) in [6.07, 6.45) is 2.16. The fourth-order valence-electron chi connectivity index (χ4n) is 1.08. The normalized spacial score (nSPS) is 10.3. The van der Waals surface area contributed by atoms with E-state index in [0.29, 0.717) is 9.90 Å². The van der Waals surface area contributed by atoms with Crippen LogP contribution in [0.2, 0.25) is 5.02 Å². The Bertz CT molecular complexity index is 340. The van der Waals surface area contributed by atoms with E-state index in [-0.39, 0.29) is 5.91 Å². The highest BCUT2D eigenvalue weighted by Gasteiger charge is 2.13. The predicted molar refractivity (Wildman–Crippen MR) is 74.5 cm³/mol. The highest BCUT2D eigenvalue weighted by Crippen LogP contribution is 2.26. The third-order valence-electron chi connectivity index (χ3n) is 1.95. The van der Waals surface area contributed by atoms with Gasteiger partial charge in [-0.2, -0.15) is 0 Å². The van der Waals surface area contributed by atoms with Crippen molar-refractivity contribution in [3.63, 3.8) is 0 Å². The molecule has 0 aliphatic rings. The number of aryl methyl sites for hydroxylation is 1. The van der Waals surface area contributed by atoms with Gasteiger partial charge in [0.2, 0.25) is 0 Å². The molecule has 2 nitrogen and oxygen atoms in total. The maximum absolute atomic E-state index is 11.7. The number of carbonyl (C=O) groups is 1. The minimum Gasteiger partial charge on any atom is -0.351 e. The van der Waals surface area contributed by atoms with Crippen LogP contribution in [0.4, 0.5) is 0 Å². The van der Waals surface area contributed by atoms with Crippen molar-refractivity contribution >= 4 is 51.4 Å². The second-order valence-electron chi connectivity index (χ2n) is 3.21. The number of alkyl halides is 1. The Hall–Kier alpha value is 0.190. The number of halogens is 2. The van der Waals surface area contributed by atoms with Gasteiger partial charge in [0.1, 0.15) is 4.88 Å². The summed E-state index contributed by atoms with van der Waals surface area (Å²) in [5, 5.41) is 5.37. The fraction of sp³-hybridized carbons (Fsp3) is 0.500. The molecular formula is C10H13ClINOS. The van der Waals surface area contributed by atoms with E-state index in [9.17, 15) is 4.79 Å². The lowest BCUT2D eigenvalue weighted by atomic mass is 10.3. The first-order chi connectivity index (χ1) is 7.16. The number of hydrogen-bond donors (Lipinski definition) is 1. The molecule has 0 bridgehead atoms. The van der Waals surface area contributed by atoms with E-state index in [4.69, 9.17) is 11.6 Å². The SMILES string of the molecule is Cc1csc(C(=O)NCCCCI)c1Cl. The Balaban J connectivity index is 2.44. The quantitative estimate of drug-likeness (QED) is 0.486. The lowest BCUT2D eigenvalue weighted by Crippen LogP contribution is -2.23. The van der Waals surface area contributed by atoms with Crippen molar-refractivity contribution < 1.29 is 4.79 Å². The summed E-state index contributed by atoms with van der Waals surface area (Å²) >= 11 is 9.73. The highest BCUT2D eigenvalue weighted by molar-refractivity contribution is 14.1. The molecule has 0 saturated heterocycles. The molecule has 0 spiro atoms. The van der Waals surface area contributed by atoms with Gasteiger partial charge in [-0.05, 0) is 35.1 Å². The Labute approximate surface area is 113 Å². The van der Waals surface area contributed by atoms with Crippen LogP contribution in [0.5, 0.6) is 0 Å². The van der Waals surface area contributed by atoms with E-state index in [0.717, 1.165) is 29.4 Å². The number of amides is 1. The molecule has 1 aromatic rings. The second-order valence-corrected chi connectivity index (χ2v) is 5.55. The lowest BCUT2D eigenvalue weighted by Gasteiger charge is -2.02. The van der Waals surface area contributed by atoms with E-state index in [2.05, 4.69) is 27.9 Å². The van der Waals surface area contributed by atoms with Crippen LogP contribution in [-0.4, -0.2) is 16.9 Å². The van der Waals surface area contributed by atoms with Crippen LogP contribution in [-0.2, 0) is 0 Å². The molecule has 1 aromatic heterocycles. The molecule has 0 aromatic carbocycles. The molecule has 0 fully saturated rings. The van der Waals surface area contributed by atoms with Crippen molar-refractivity contribution in [1.29, 1.82) is 0 Å². The standard InChI is InChI=1S/C10H13ClINOS/c1-7-6-15-9(8(7)11)10(14)13-5-3-2-4-12/h6H,2-5H2,1H3,(H,13,14). The molecule has 0 aliphatic carbocycles. The monoisotopic (exact) mass is 357 g/mol. The molecule has 15 heavy (non-hydrogen) atoms. The zero-order valence-electron chi connectivity index (χ0n) is 8.48. The first-order valence-electron chi connectivity index (χ1n) is 4.74. The van der Waals surface area contributed by atoms with Crippen LogP contribution in [0.1, 0.15) is 28.1 Å². The first-order valence-corrected chi connectivity index (χ1v) is 7.53. The number of nitrogens with one attached hydrogen (secondary N) is 1. The van der Waals surface area contributed by atoms with Crippen LogP contribution >= 0.6 is 45.5 Å². The van der Waals surface area contributed by atoms with E-state index in [1.54, 1.807) is 0 Å². The van der Waals surface area contributed by atoms with Gasteiger partial charge in [-0.15, -0.1) is 11.3 Å². The van der Waals surface area contributed by atoms with E-state index < -0.39 is 0 Å². The molecule has 5 heteroatoms. The molecule has 0 unspecified atom stereocenters. The van der Waals surface area contributed by atoms with Crippen LogP contribution < -0.4 is 5.32 Å². The van der Waals surface area contributed by atoms with Crippen molar-refractivity contribution in [2.24, 2.45) is 0 Å². The molecule has 1 heterocycles. The Kier molecular flexibility index (Phi) is 5.92. The Morgan fingerprint density at radius 1 is 1.60 bits per heavy atom. The van der Waals surface area contributed by atoms with Crippen LogP contribution in [0, 0.1) is 6.92 Å². The zero-order valence-corrected chi connectivity index (χ0v) is 12.2. The summed E-state index contributed by atoms with van der Waals surface area (Å²) in [7, 11) is 0. The average Bonchev–Trinajstić information content (AvgIpc) is 2.55. The molecule has 0 aliphatic heterocycles. The van der Waals surface area contributed by atoms with Crippen molar-refractivity contribution in [2.45, 2.75) is 19.8 Å². The highest BCUT2D eigenvalue weighted by atomic mass is 127. The number of hydrogen-bond acceptors (Lipinski definition) is 2. The minimum absolute atomic E-state index is 0.0495. The number of carbonyl (C=O) groups excluding carboxylic acids is 1. The number of unbranched alkanes of at least 4 members (excludes halogenated alkanes) is 1. The summed E-state index contributed by atoms with van der Waals surface area (Å²) in [5.41, 5.74) is 0.971. The third kappa shape index (κ3) is 3.92. The van der Waals surface area contributed by atoms with Crippen molar-refractivity contribution in [3.05, 3.63) is 20.8 Å². The van der Waals surface area contributed by atoms with Gasteiger partial charge in [0, 0.05) is 6.54 Å². The molecule has 1 N–H and O–H groups in total. The second kappa shape index (κ2) is 6.70. The summed E-state index contributed by atoms with van der Waals surface area (Å²) in [6.45, 7) is 2.64. The van der Waals surface area contributed by atoms with Crippen LogP contribution in [0.3, 0.4) is 0 Å². The zero-order chi connectivity index (χ0) is 11.3.